The molecule has 128 valence electrons. The number of hydrogen-bond acceptors (Lipinski definition) is 6. The fourth-order valence-corrected chi connectivity index (χ4v) is 3.57. The Morgan fingerprint density at radius 3 is 2.08 bits per heavy atom. The van der Waals surface area contributed by atoms with Crippen molar-refractivity contribution in [3.8, 4) is 0 Å². The molecule has 7 nitrogen and oxygen atoms in total. The standard InChI is InChI=1S/C17H14N2O5S/c1-9(2)13(17(23)24-3)19-16(22)12(8-25-19)18-14(20)10-6-4-5-7-11(10)15(18)21/h4-8H,1-3H3. The summed E-state index contributed by atoms with van der Waals surface area (Å²) >= 11 is 0.925. The van der Waals surface area contributed by atoms with E-state index in [1.54, 1.807) is 26.0 Å². The molecule has 0 fully saturated rings. The number of ether oxygens (including phenoxy) is 1. The SMILES string of the molecule is COC(=O)C(=C(C)C)n1scc(N2C(=O)c3ccccc3C2=O)c1=O. The summed E-state index contributed by atoms with van der Waals surface area (Å²) in [7, 11) is 1.22. The van der Waals surface area contributed by atoms with E-state index < -0.39 is 23.3 Å². The third-order valence-corrected chi connectivity index (χ3v) is 4.65. The lowest BCUT2D eigenvalue weighted by atomic mass is 10.1. The van der Waals surface area contributed by atoms with Gasteiger partial charge in [0.2, 0.25) is 0 Å². The Labute approximate surface area is 146 Å². The number of carbonyl (C=O) groups excluding carboxylic acids is 3. The molecule has 2 aromatic rings. The van der Waals surface area contributed by atoms with Crippen molar-refractivity contribution in [2.75, 3.05) is 12.0 Å². The molecule has 0 saturated heterocycles. The van der Waals surface area contributed by atoms with Crippen LogP contribution in [0.25, 0.3) is 5.70 Å². The zero-order chi connectivity index (χ0) is 18.3. The van der Waals surface area contributed by atoms with Gasteiger partial charge < -0.3 is 4.74 Å². The third kappa shape index (κ3) is 2.51. The molecule has 0 saturated carbocycles. The number of esters is 1. The molecule has 1 aromatic heterocycles. The van der Waals surface area contributed by atoms with Gasteiger partial charge in [0.1, 0.15) is 11.4 Å². The Balaban J connectivity index is 2.11. The smallest absolute Gasteiger partial charge is 0.355 e. The number of rotatable bonds is 3. The Bertz CT molecular complexity index is 959. The summed E-state index contributed by atoms with van der Waals surface area (Å²) in [5.74, 6) is -1.78. The summed E-state index contributed by atoms with van der Waals surface area (Å²) in [4.78, 5) is 50.6. The molecule has 0 spiro atoms. The van der Waals surface area contributed by atoms with Crippen LogP contribution < -0.4 is 10.5 Å². The van der Waals surface area contributed by atoms with Gasteiger partial charge >= 0.3 is 5.97 Å². The zero-order valence-corrected chi connectivity index (χ0v) is 14.5. The van der Waals surface area contributed by atoms with E-state index in [9.17, 15) is 19.2 Å². The quantitative estimate of drug-likeness (QED) is 0.477. The lowest BCUT2D eigenvalue weighted by Gasteiger charge is -2.10. The number of hydrogen-bond donors (Lipinski definition) is 0. The summed E-state index contributed by atoms with van der Waals surface area (Å²) in [6.45, 7) is 3.33. The van der Waals surface area contributed by atoms with Gasteiger partial charge in [-0.05, 0) is 31.6 Å². The summed E-state index contributed by atoms with van der Waals surface area (Å²) in [6, 6.07) is 6.38. The van der Waals surface area contributed by atoms with E-state index in [0.717, 1.165) is 20.4 Å². The highest BCUT2D eigenvalue weighted by Gasteiger charge is 2.38. The van der Waals surface area contributed by atoms with E-state index in [0.29, 0.717) is 5.57 Å². The van der Waals surface area contributed by atoms with Gasteiger partial charge in [0.15, 0.2) is 0 Å². The summed E-state index contributed by atoms with van der Waals surface area (Å²) in [6.07, 6.45) is 0. The maximum atomic E-state index is 12.7. The van der Waals surface area contributed by atoms with Gasteiger partial charge in [-0.25, -0.2) is 13.7 Å². The first kappa shape index (κ1) is 16.8. The van der Waals surface area contributed by atoms with Gasteiger partial charge in [0.05, 0.1) is 18.2 Å². The van der Waals surface area contributed by atoms with E-state index >= 15 is 0 Å². The summed E-state index contributed by atoms with van der Waals surface area (Å²) in [5, 5.41) is 1.38. The number of nitrogens with zero attached hydrogens (tertiary/aromatic N) is 2. The van der Waals surface area contributed by atoms with Crippen LogP contribution in [0.4, 0.5) is 5.69 Å². The average molecular weight is 358 g/mol. The zero-order valence-electron chi connectivity index (χ0n) is 13.7. The second-order valence-electron chi connectivity index (χ2n) is 5.54. The number of aromatic nitrogens is 1. The van der Waals surface area contributed by atoms with Crippen molar-refractivity contribution in [1.29, 1.82) is 0 Å². The predicted octanol–water partition coefficient (Wildman–Crippen LogP) is 2.13. The number of anilines is 1. The normalized spacial score (nSPS) is 13.0. The van der Waals surface area contributed by atoms with E-state index in [2.05, 4.69) is 0 Å². The minimum atomic E-state index is -0.669. The molecule has 3 rings (SSSR count). The van der Waals surface area contributed by atoms with Crippen LogP contribution in [-0.4, -0.2) is 28.9 Å². The first-order valence-corrected chi connectivity index (χ1v) is 8.17. The number of carbonyl (C=O) groups is 3. The van der Waals surface area contributed by atoms with Crippen molar-refractivity contribution in [1.82, 2.24) is 3.96 Å². The first-order chi connectivity index (χ1) is 11.9. The molecule has 8 heteroatoms. The molecule has 0 bridgehead atoms. The maximum Gasteiger partial charge on any atom is 0.355 e. The Hall–Kier alpha value is -3.00. The van der Waals surface area contributed by atoms with Crippen molar-refractivity contribution in [3.05, 3.63) is 56.7 Å². The van der Waals surface area contributed by atoms with E-state index in [4.69, 9.17) is 4.74 Å². The van der Waals surface area contributed by atoms with Gasteiger partial charge in [-0.2, -0.15) is 0 Å². The van der Waals surface area contributed by atoms with Crippen LogP contribution in [0.1, 0.15) is 34.6 Å². The topological polar surface area (TPSA) is 85.7 Å². The molecular formula is C17H14N2O5S. The van der Waals surface area contributed by atoms with Crippen molar-refractivity contribution in [2.24, 2.45) is 0 Å². The number of benzene rings is 1. The Morgan fingerprint density at radius 2 is 1.60 bits per heavy atom. The molecule has 0 N–H and O–H groups in total. The third-order valence-electron chi connectivity index (χ3n) is 3.76. The fourth-order valence-electron chi connectivity index (χ4n) is 2.60. The summed E-state index contributed by atoms with van der Waals surface area (Å²) in [5.41, 5.74) is 0.435. The van der Waals surface area contributed by atoms with Crippen molar-refractivity contribution >= 4 is 40.7 Å². The average Bonchev–Trinajstić information content (AvgIpc) is 3.07. The van der Waals surface area contributed by atoms with Crippen molar-refractivity contribution in [2.45, 2.75) is 13.8 Å². The number of allylic oxidation sites excluding steroid dienone is 1. The lowest BCUT2D eigenvalue weighted by molar-refractivity contribution is -0.134. The molecule has 2 amide bonds. The lowest BCUT2D eigenvalue weighted by Crippen LogP contribution is -2.34. The van der Waals surface area contributed by atoms with Crippen LogP contribution in [0, 0.1) is 0 Å². The van der Waals surface area contributed by atoms with E-state index in [1.165, 1.54) is 24.6 Å². The van der Waals surface area contributed by atoms with Crippen molar-refractivity contribution < 1.29 is 19.1 Å². The van der Waals surface area contributed by atoms with Crippen LogP contribution in [0.2, 0.25) is 0 Å². The predicted molar refractivity (Wildman–Crippen MR) is 92.7 cm³/mol. The molecule has 1 aromatic carbocycles. The second-order valence-corrected chi connectivity index (χ2v) is 6.35. The van der Waals surface area contributed by atoms with Gasteiger partial charge in [-0.15, -0.1) is 0 Å². The molecular weight excluding hydrogens is 344 g/mol. The molecule has 0 unspecified atom stereocenters. The molecule has 2 heterocycles. The van der Waals surface area contributed by atoms with Crippen molar-refractivity contribution in [3.63, 3.8) is 0 Å². The number of imide groups is 1. The largest absolute Gasteiger partial charge is 0.464 e. The van der Waals surface area contributed by atoms with Crippen LogP contribution in [0.3, 0.4) is 0 Å². The minimum absolute atomic E-state index is 0.0698. The van der Waals surface area contributed by atoms with Gasteiger partial charge in [0, 0.05) is 5.38 Å². The van der Waals surface area contributed by atoms with Gasteiger partial charge in [-0.3, -0.25) is 14.4 Å². The molecule has 0 aliphatic carbocycles. The number of methoxy groups -OCH3 is 1. The highest BCUT2D eigenvalue weighted by Crippen LogP contribution is 2.28. The second kappa shape index (κ2) is 6.14. The first-order valence-electron chi connectivity index (χ1n) is 7.33. The van der Waals surface area contributed by atoms with Crippen LogP contribution in [-0.2, 0) is 9.53 Å². The fraction of sp³-hybridized carbons (Fsp3) is 0.176. The van der Waals surface area contributed by atoms with Crippen LogP contribution in [0.5, 0.6) is 0 Å². The Morgan fingerprint density at radius 1 is 1.04 bits per heavy atom. The maximum absolute atomic E-state index is 12.7. The molecule has 25 heavy (non-hydrogen) atoms. The van der Waals surface area contributed by atoms with Gasteiger partial charge in [-0.1, -0.05) is 23.7 Å². The number of amides is 2. The molecule has 0 atom stereocenters. The van der Waals surface area contributed by atoms with E-state index in [1.807, 2.05) is 0 Å². The molecule has 0 radical (unpaired) electrons. The molecule has 1 aliphatic rings. The van der Waals surface area contributed by atoms with Crippen LogP contribution in [0.15, 0.2) is 40.0 Å². The highest BCUT2D eigenvalue weighted by atomic mass is 32.1. The number of fused-ring (bicyclic) bond motifs is 1. The molecule has 1 aliphatic heterocycles. The summed E-state index contributed by atoms with van der Waals surface area (Å²) < 4.78 is 5.84. The van der Waals surface area contributed by atoms with Crippen LogP contribution >= 0.6 is 11.5 Å². The van der Waals surface area contributed by atoms with E-state index in [-0.39, 0.29) is 22.5 Å². The highest BCUT2D eigenvalue weighted by molar-refractivity contribution is 7.05. The Kier molecular flexibility index (Phi) is 4.13. The van der Waals surface area contributed by atoms with Gasteiger partial charge in [0.25, 0.3) is 17.4 Å². The monoisotopic (exact) mass is 358 g/mol. The minimum Gasteiger partial charge on any atom is -0.464 e.